The molecule has 1 aliphatic carbocycles. The van der Waals surface area contributed by atoms with Gasteiger partial charge in [0.2, 0.25) is 0 Å². The molecule has 2 nitrogen and oxygen atoms in total. The molecule has 0 aromatic heterocycles. The van der Waals surface area contributed by atoms with Crippen LogP contribution in [0.3, 0.4) is 0 Å². The van der Waals surface area contributed by atoms with Crippen molar-refractivity contribution in [2.45, 2.75) is 32.1 Å². The summed E-state index contributed by atoms with van der Waals surface area (Å²) in [7, 11) is 0. The minimum Gasteiger partial charge on any atom is -0.272 e. The lowest BCUT2D eigenvalue weighted by Crippen LogP contribution is -2.13. The van der Waals surface area contributed by atoms with Gasteiger partial charge < -0.3 is 0 Å². The highest BCUT2D eigenvalue weighted by Crippen LogP contribution is 2.31. The van der Waals surface area contributed by atoms with E-state index < -0.39 is 0 Å². The van der Waals surface area contributed by atoms with Crippen molar-refractivity contribution in [2.75, 3.05) is 5.75 Å². The predicted octanol–water partition coefficient (Wildman–Crippen LogP) is 2.24. The summed E-state index contributed by atoms with van der Waals surface area (Å²) in [4.78, 5) is 14.9. The normalized spacial score (nSPS) is 26.0. The average Bonchev–Trinajstić information content (AvgIpc) is 2.54. The molecule has 0 N–H and O–H groups in total. The first-order chi connectivity index (χ1) is 5.86. The largest absolute Gasteiger partial charge is 0.272 e. The maximum absolute atomic E-state index is 10.9. The first-order valence-corrected chi connectivity index (χ1v) is 5.59. The lowest BCUT2D eigenvalue weighted by atomic mass is 9.90. The number of carbonyl (C=O) groups excluding carboxylic acids is 1. The molecular weight excluding hydrogens is 170 g/mol. The molecule has 0 saturated heterocycles. The van der Waals surface area contributed by atoms with E-state index in [1.165, 1.54) is 32.1 Å². The van der Waals surface area contributed by atoms with Crippen molar-refractivity contribution in [1.82, 2.24) is 0 Å². The Balaban J connectivity index is 1.99. The van der Waals surface area contributed by atoms with Gasteiger partial charge in [0.25, 0.3) is 5.91 Å². The third-order valence-electron chi connectivity index (χ3n) is 2.53. The molecule has 1 heterocycles. The molecular formula is C9H13NOS. The van der Waals surface area contributed by atoms with Crippen molar-refractivity contribution in [1.29, 1.82) is 0 Å². The van der Waals surface area contributed by atoms with Crippen LogP contribution in [0.2, 0.25) is 0 Å². The molecule has 1 saturated carbocycles. The van der Waals surface area contributed by atoms with Gasteiger partial charge in [0.05, 0.1) is 10.8 Å². The van der Waals surface area contributed by atoms with Gasteiger partial charge in [-0.25, -0.2) is 4.99 Å². The second kappa shape index (κ2) is 3.60. The zero-order valence-electron chi connectivity index (χ0n) is 7.08. The van der Waals surface area contributed by atoms with E-state index in [1.54, 1.807) is 11.8 Å². The highest BCUT2D eigenvalue weighted by Gasteiger charge is 2.24. The summed E-state index contributed by atoms with van der Waals surface area (Å²) in [5, 5.41) is 1.12. The van der Waals surface area contributed by atoms with Crippen molar-refractivity contribution >= 4 is 22.7 Å². The van der Waals surface area contributed by atoms with Crippen LogP contribution in [0.25, 0.3) is 0 Å². The van der Waals surface area contributed by atoms with Crippen molar-refractivity contribution in [3.63, 3.8) is 0 Å². The van der Waals surface area contributed by atoms with Crippen molar-refractivity contribution < 1.29 is 4.79 Å². The molecule has 1 amide bonds. The van der Waals surface area contributed by atoms with Gasteiger partial charge in [-0.05, 0) is 12.8 Å². The molecule has 2 rings (SSSR count). The van der Waals surface area contributed by atoms with Crippen LogP contribution in [0.1, 0.15) is 32.1 Å². The molecule has 0 unspecified atom stereocenters. The summed E-state index contributed by atoms with van der Waals surface area (Å²) in [6.45, 7) is 0. The molecule has 0 aromatic carbocycles. The number of carbonyl (C=O) groups is 1. The van der Waals surface area contributed by atoms with Crippen molar-refractivity contribution in [3.05, 3.63) is 0 Å². The zero-order chi connectivity index (χ0) is 8.39. The number of nitrogens with zero attached hydrogens (tertiary/aromatic N) is 1. The quantitative estimate of drug-likeness (QED) is 0.624. The molecule has 3 heteroatoms. The van der Waals surface area contributed by atoms with Crippen LogP contribution in [0, 0.1) is 5.92 Å². The fourth-order valence-corrected chi connectivity index (χ4v) is 2.86. The maximum Gasteiger partial charge on any atom is 0.256 e. The second-order valence-corrected chi connectivity index (χ2v) is 4.46. The van der Waals surface area contributed by atoms with Gasteiger partial charge in [-0.3, -0.25) is 4.79 Å². The first-order valence-electron chi connectivity index (χ1n) is 4.60. The monoisotopic (exact) mass is 183 g/mol. The van der Waals surface area contributed by atoms with Crippen LogP contribution in [-0.2, 0) is 4.79 Å². The predicted molar refractivity (Wildman–Crippen MR) is 51.5 cm³/mol. The lowest BCUT2D eigenvalue weighted by Gasteiger charge is -2.20. The van der Waals surface area contributed by atoms with Gasteiger partial charge in [0.1, 0.15) is 0 Å². The first kappa shape index (κ1) is 8.30. The smallest absolute Gasteiger partial charge is 0.256 e. The standard InChI is InChI=1S/C9H13NOS/c11-8-6-12-9(10-8)7-4-2-1-3-5-7/h7H,1-6H2. The third-order valence-corrected chi connectivity index (χ3v) is 3.64. The third kappa shape index (κ3) is 1.71. The van der Waals surface area contributed by atoms with E-state index in [2.05, 4.69) is 4.99 Å². The highest BCUT2D eigenvalue weighted by molar-refractivity contribution is 8.15. The Hall–Kier alpha value is -0.310. The van der Waals surface area contributed by atoms with Gasteiger partial charge in [-0.1, -0.05) is 19.3 Å². The molecule has 2 aliphatic rings. The molecule has 0 radical (unpaired) electrons. The average molecular weight is 183 g/mol. The number of thioether (sulfide) groups is 1. The fourth-order valence-electron chi connectivity index (χ4n) is 1.88. The molecule has 0 aromatic rings. The maximum atomic E-state index is 10.9. The fraction of sp³-hybridized carbons (Fsp3) is 0.778. The minimum absolute atomic E-state index is 0.0700. The van der Waals surface area contributed by atoms with Crippen LogP contribution in [0.15, 0.2) is 4.99 Å². The summed E-state index contributed by atoms with van der Waals surface area (Å²) >= 11 is 1.66. The van der Waals surface area contributed by atoms with E-state index in [9.17, 15) is 4.79 Å². The van der Waals surface area contributed by atoms with Gasteiger partial charge in [-0.15, -0.1) is 11.8 Å². The van der Waals surface area contributed by atoms with Crippen LogP contribution < -0.4 is 0 Å². The SMILES string of the molecule is O=C1CSC(C2CCCCC2)=N1. The van der Waals surface area contributed by atoms with Gasteiger partial charge in [-0.2, -0.15) is 0 Å². The Labute approximate surface area is 76.8 Å². The molecule has 66 valence electrons. The van der Waals surface area contributed by atoms with E-state index in [0.29, 0.717) is 11.7 Å². The summed E-state index contributed by atoms with van der Waals surface area (Å²) in [6.07, 6.45) is 6.50. The van der Waals surface area contributed by atoms with E-state index >= 15 is 0 Å². The molecule has 1 aliphatic heterocycles. The van der Waals surface area contributed by atoms with Crippen LogP contribution in [0.5, 0.6) is 0 Å². The number of rotatable bonds is 1. The van der Waals surface area contributed by atoms with Gasteiger partial charge in [0.15, 0.2) is 0 Å². The molecule has 1 fully saturated rings. The second-order valence-electron chi connectivity index (χ2n) is 3.47. The zero-order valence-corrected chi connectivity index (χ0v) is 7.90. The summed E-state index contributed by atoms with van der Waals surface area (Å²) in [6, 6.07) is 0. The Kier molecular flexibility index (Phi) is 2.49. The molecule has 12 heavy (non-hydrogen) atoms. The van der Waals surface area contributed by atoms with E-state index in [-0.39, 0.29) is 5.91 Å². The summed E-state index contributed by atoms with van der Waals surface area (Å²) < 4.78 is 0. The Morgan fingerprint density at radius 2 is 2.00 bits per heavy atom. The molecule has 0 bridgehead atoms. The summed E-state index contributed by atoms with van der Waals surface area (Å²) in [5.41, 5.74) is 0. The van der Waals surface area contributed by atoms with Crippen molar-refractivity contribution in [2.24, 2.45) is 10.9 Å². The number of hydrogen-bond acceptors (Lipinski definition) is 2. The number of hydrogen-bond donors (Lipinski definition) is 0. The van der Waals surface area contributed by atoms with Gasteiger partial charge >= 0.3 is 0 Å². The summed E-state index contributed by atoms with van der Waals surface area (Å²) in [5.74, 6) is 1.28. The molecule has 0 atom stereocenters. The minimum atomic E-state index is 0.0700. The van der Waals surface area contributed by atoms with E-state index in [4.69, 9.17) is 0 Å². The van der Waals surface area contributed by atoms with Gasteiger partial charge in [0, 0.05) is 5.92 Å². The van der Waals surface area contributed by atoms with Crippen LogP contribution in [-0.4, -0.2) is 16.7 Å². The van der Waals surface area contributed by atoms with Crippen LogP contribution in [0.4, 0.5) is 0 Å². The van der Waals surface area contributed by atoms with E-state index in [0.717, 1.165) is 5.04 Å². The number of aliphatic imine (C=N–C) groups is 1. The lowest BCUT2D eigenvalue weighted by molar-refractivity contribution is -0.115. The van der Waals surface area contributed by atoms with Crippen molar-refractivity contribution in [3.8, 4) is 0 Å². The topological polar surface area (TPSA) is 29.4 Å². The van der Waals surface area contributed by atoms with E-state index in [1.807, 2.05) is 0 Å². The Morgan fingerprint density at radius 3 is 2.58 bits per heavy atom. The Bertz CT molecular complexity index is 219. The molecule has 0 spiro atoms. The number of amides is 1. The Morgan fingerprint density at radius 1 is 1.25 bits per heavy atom. The van der Waals surface area contributed by atoms with Crippen LogP contribution >= 0.6 is 11.8 Å². The highest BCUT2D eigenvalue weighted by atomic mass is 32.2.